The number of hydrogen-bond donors (Lipinski definition) is 1. The summed E-state index contributed by atoms with van der Waals surface area (Å²) in [6.45, 7) is 3.40. The topological polar surface area (TPSA) is 43.8 Å². The van der Waals surface area contributed by atoms with Gasteiger partial charge in [0.15, 0.2) is 5.95 Å². The molecule has 0 aliphatic heterocycles. The van der Waals surface area contributed by atoms with Gasteiger partial charge in [-0.15, -0.1) is 0 Å². The highest BCUT2D eigenvalue weighted by Crippen LogP contribution is 2.29. The minimum atomic E-state index is 0.656. The van der Waals surface area contributed by atoms with Gasteiger partial charge in [-0.3, -0.25) is 0 Å². The summed E-state index contributed by atoms with van der Waals surface area (Å²) < 4.78 is 2.07. The van der Waals surface area contributed by atoms with Crippen LogP contribution in [-0.2, 0) is 6.54 Å². The molecule has 2 rings (SSSR count). The predicted molar refractivity (Wildman–Crippen MR) is 57.8 cm³/mol. The van der Waals surface area contributed by atoms with Gasteiger partial charge in [-0.1, -0.05) is 19.8 Å². The third kappa shape index (κ3) is 2.08. The van der Waals surface area contributed by atoms with E-state index in [2.05, 4.69) is 16.5 Å². The number of aromatic nitrogens is 2. The molecule has 3 nitrogen and oxygen atoms in total. The quantitative estimate of drug-likeness (QED) is 0.783. The van der Waals surface area contributed by atoms with Crippen molar-refractivity contribution in [1.29, 1.82) is 0 Å². The molecule has 0 bridgehead atoms. The molecule has 0 spiro atoms. The Bertz CT molecular complexity index is 292. The van der Waals surface area contributed by atoms with E-state index >= 15 is 0 Å². The van der Waals surface area contributed by atoms with Crippen molar-refractivity contribution in [1.82, 2.24) is 9.55 Å². The lowest BCUT2D eigenvalue weighted by Crippen LogP contribution is -2.19. The normalized spacial score (nSPS) is 27.8. The average Bonchev–Trinajstić information content (AvgIpc) is 2.52. The van der Waals surface area contributed by atoms with E-state index in [1.54, 1.807) is 6.20 Å². The zero-order valence-electron chi connectivity index (χ0n) is 8.82. The lowest BCUT2D eigenvalue weighted by Gasteiger charge is -2.27. The van der Waals surface area contributed by atoms with Crippen LogP contribution < -0.4 is 5.73 Å². The molecule has 2 atom stereocenters. The smallest absolute Gasteiger partial charge is 0.200 e. The Morgan fingerprint density at radius 3 is 3.07 bits per heavy atom. The van der Waals surface area contributed by atoms with Crippen LogP contribution in [0.1, 0.15) is 32.6 Å². The maximum absolute atomic E-state index is 5.74. The van der Waals surface area contributed by atoms with Crippen LogP contribution in [0.25, 0.3) is 0 Å². The van der Waals surface area contributed by atoms with Gasteiger partial charge in [0, 0.05) is 18.9 Å². The summed E-state index contributed by atoms with van der Waals surface area (Å²) in [5, 5.41) is 0. The van der Waals surface area contributed by atoms with E-state index in [0.717, 1.165) is 18.4 Å². The van der Waals surface area contributed by atoms with Crippen molar-refractivity contribution in [3.63, 3.8) is 0 Å². The van der Waals surface area contributed by atoms with Crippen molar-refractivity contribution >= 4 is 5.95 Å². The van der Waals surface area contributed by atoms with Gasteiger partial charge < -0.3 is 10.3 Å². The summed E-state index contributed by atoms with van der Waals surface area (Å²) in [6, 6.07) is 0. The molecule has 1 fully saturated rings. The number of nitrogens with two attached hydrogens (primary N) is 1. The van der Waals surface area contributed by atoms with Gasteiger partial charge in [-0.25, -0.2) is 4.98 Å². The number of nitrogen functional groups attached to an aromatic ring is 1. The molecule has 1 aromatic rings. The first kappa shape index (κ1) is 9.56. The first-order valence-corrected chi connectivity index (χ1v) is 5.52. The molecule has 1 aliphatic rings. The van der Waals surface area contributed by atoms with Crippen molar-refractivity contribution < 1.29 is 0 Å². The van der Waals surface area contributed by atoms with Crippen LogP contribution in [0.3, 0.4) is 0 Å². The molecule has 0 amide bonds. The second-order valence-electron chi connectivity index (χ2n) is 4.58. The fourth-order valence-electron chi connectivity index (χ4n) is 2.50. The minimum Gasteiger partial charge on any atom is -0.369 e. The number of nitrogens with zero attached hydrogens (tertiary/aromatic N) is 2. The zero-order valence-corrected chi connectivity index (χ0v) is 8.82. The van der Waals surface area contributed by atoms with Gasteiger partial charge in [0.05, 0.1) is 0 Å². The SMILES string of the molecule is CC1CCCC(Cn2ccnc2N)C1. The Morgan fingerprint density at radius 2 is 2.43 bits per heavy atom. The first-order valence-electron chi connectivity index (χ1n) is 5.52. The van der Waals surface area contributed by atoms with Gasteiger partial charge in [-0.05, 0) is 24.7 Å². The third-order valence-corrected chi connectivity index (χ3v) is 3.25. The first-order chi connectivity index (χ1) is 6.75. The highest BCUT2D eigenvalue weighted by atomic mass is 15.1. The van der Waals surface area contributed by atoms with Gasteiger partial charge >= 0.3 is 0 Å². The average molecular weight is 193 g/mol. The molecular weight excluding hydrogens is 174 g/mol. The van der Waals surface area contributed by atoms with E-state index in [0.29, 0.717) is 5.95 Å². The third-order valence-electron chi connectivity index (χ3n) is 3.25. The Kier molecular flexibility index (Phi) is 2.75. The molecule has 78 valence electrons. The summed E-state index contributed by atoms with van der Waals surface area (Å²) in [5.41, 5.74) is 5.74. The van der Waals surface area contributed by atoms with Crippen molar-refractivity contribution in [2.75, 3.05) is 5.73 Å². The summed E-state index contributed by atoms with van der Waals surface area (Å²) >= 11 is 0. The van der Waals surface area contributed by atoms with Crippen LogP contribution in [0.2, 0.25) is 0 Å². The molecule has 1 heterocycles. The molecule has 1 aromatic heterocycles. The molecule has 14 heavy (non-hydrogen) atoms. The molecule has 0 aromatic carbocycles. The minimum absolute atomic E-state index is 0.656. The molecule has 1 aliphatic carbocycles. The van der Waals surface area contributed by atoms with Crippen LogP contribution in [0.5, 0.6) is 0 Å². The van der Waals surface area contributed by atoms with Crippen LogP contribution in [0, 0.1) is 11.8 Å². The summed E-state index contributed by atoms with van der Waals surface area (Å²) in [6.07, 6.45) is 9.23. The van der Waals surface area contributed by atoms with Crippen molar-refractivity contribution in [3.8, 4) is 0 Å². The Labute approximate surface area is 85.3 Å². The van der Waals surface area contributed by atoms with E-state index in [1.807, 2.05) is 6.20 Å². The molecule has 1 saturated carbocycles. The second-order valence-corrected chi connectivity index (χ2v) is 4.58. The van der Waals surface area contributed by atoms with Gasteiger partial charge in [0.25, 0.3) is 0 Å². The molecule has 0 saturated heterocycles. The number of anilines is 1. The Balaban J connectivity index is 1.94. The largest absolute Gasteiger partial charge is 0.369 e. The monoisotopic (exact) mass is 193 g/mol. The fraction of sp³-hybridized carbons (Fsp3) is 0.727. The summed E-state index contributed by atoms with van der Waals surface area (Å²) in [5.74, 6) is 2.34. The van der Waals surface area contributed by atoms with Crippen molar-refractivity contribution in [3.05, 3.63) is 12.4 Å². The molecule has 0 radical (unpaired) electrons. The van der Waals surface area contributed by atoms with Crippen LogP contribution in [-0.4, -0.2) is 9.55 Å². The highest BCUT2D eigenvalue weighted by molar-refractivity contribution is 5.16. The molecular formula is C11H19N3. The molecule has 2 N–H and O–H groups in total. The van der Waals surface area contributed by atoms with Gasteiger partial charge in [0.2, 0.25) is 0 Å². The van der Waals surface area contributed by atoms with E-state index in [9.17, 15) is 0 Å². The standard InChI is InChI=1S/C11H19N3/c1-9-3-2-4-10(7-9)8-14-6-5-13-11(14)12/h5-6,9-10H,2-4,7-8H2,1H3,(H2,12,13). The van der Waals surface area contributed by atoms with Crippen molar-refractivity contribution in [2.45, 2.75) is 39.2 Å². The highest BCUT2D eigenvalue weighted by Gasteiger charge is 2.19. The summed E-state index contributed by atoms with van der Waals surface area (Å²) in [4.78, 5) is 4.04. The van der Waals surface area contributed by atoms with Crippen molar-refractivity contribution in [2.24, 2.45) is 11.8 Å². The predicted octanol–water partition coefficient (Wildman–Crippen LogP) is 2.29. The zero-order chi connectivity index (χ0) is 9.97. The molecule has 3 heteroatoms. The fourth-order valence-corrected chi connectivity index (χ4v) is 2.50. The van der Waals surface area contributed by atoms with Crippen LogP contribution in [0.15, 0.2) is 12.4 Å². The Morgan fingerprint density at radius 1 is 1.57 bits per heavy atom. The van der Waals surface area contributed by atoms with E-state index in [-0.39, 0.29) is 0 Å². The van der Waals surface area contributed by atoms with Crippen LogP contribution in [0.4, 0.5) is 5.95 Å². The summed E-state index contributed by atoms with van der Waals surface area (Å²) in [7, 11) is 0. The van der Waals surface area contributed by atoms with E-state index in [4.69, 9.17) is 5.73 Å². The van der Waals surface area contributed by atoms with Gasteiger partial charge in [0.1, 0.15) is 0 Å². The maximum atomic E-state index is 5.74. The molecule has 2 unspecified atom stereocenters. The van der Waals surface area contributed by atoms with Crippen LogP contribution >= 0.6 is 0 Å². The lowest BCUT2D eigenvalue weighted by molar-refractivity contribution is 0.258. The number of rotatable bonds is 2. The number of hydrogen-bond acceptors (Lipinski definition) is 2. The lowest BCUT2D eigenvalue weighted by atomic mass is 9.82. The van der Waals surface area contributed by atoms with Gasteiger partial charge in [-0.2, -0.15) is 0 Å². The Hall–Kier alpha value is -0.990. The second kappa shape index (κ2) is 4.03. The maximum Gasteiger partial charge on any atom is 0.200 e. The number of imidazole rings is 1. The van der Waals surface area contributed by atoms with E-state index < -0.39 is 0 Å². The van der Waals surface area contributed by atoms with E-state index in [1.165, 1.54) is 25.7 Å².